The van der Waals surface area contributed by atoms with Crippen LogP contribution in [0.25, 0.3) is 16.0 Å². The van der Waals surface area contributed by atoms with Crippen molar-refractivity contribution in [3.63, 3.8) is 0 Å². The Kier molecular flexibility index (Phi) is 6.60. The smallest absolute Gasteiger partial charge is 0.254 e. The summed E-state index contributed by atoms with van der Waals surface area (Å²) in [6, 6.07) is 13.8. The molecule has 1 atom stereocenters. The molecule has 210 valence electrons. The Labute approximate surface area is 236 Å². The zero-order valence-corrected chi connectivity index (χ0v) is 24.2. The van der Waals surface area contributed by atoms with E-state index in [9.17, 15) is 13.2 Å². The molecule has 3 aromatic rings. The van der Waals surface area contributed by atoms with Crippen LogP contribution in [-0.4, -0.2) is 47.9 Å². The molecule has 0 unspecified atom stereocenters. The van der Waals surface area contributed by atoms with Crippen molar-refractivity contribution >= 4 is 21.9 Å². The molecule has 2 heterocycles. The van der Waals surface area contributed by atoms with Gasteiger partial charge in [0.1, 0.15) is 12.5 Å². The third-order valence-electron chi connectivity index (χ3n) is 8.49. The van der Waals surface area contributed by atoms with Gasteiger partial charge in [0.25, 0.3) is 5.91 Å². The number of nitrogens with zero attached hydrogens (tertiary/aromatic N) is 4. The van der Waals surface area contributed by atoms with Crippen LogP contribution in [0.15, 0.2) is 53.4 Å². The summed E-state index contributed by atoms with van der Waals surface area (Å²) in [6.45, 7) is 8.49. The summed E-state index contributed by atoms with van der Waals surface area (Å²) in [6.07, 6.45) is 5.15. The molecule has 2 fully saturated rings. The van der Waals surface area contributed by atoms with Crippen LogP contribution in [0.4, 0.5) is 5.95 Å². The lowest BCUT2D eigenvalue weighted by molar-refractivity contribution is 0.00919. The van der Waals surface area contributed by atoms with Crippen LogP contribution in [0.3, 0.4) is 0 Å². The van der Waals surface area contributed by atoms with Crippen LogP contribution in [0, 0.1) is 25.2 Å². The fourth-order valence-corrected chi connectivity index (χ4v) is 7.24. The van der Waals surface area contributed by atoms with E-state index in [1.165, 1.54) is 25.0 Å². The van der Waals surface area contributed by atoms with E-state index in [1.54, 1.807) is 18.2 Å². The molecule has 4 bridgehead atoms. The van der Waals surface area contributed by atoms with Crippen LogP contribution in [0.1, 0.15) is 67.4 Å². The van der Waals surface area contributed by atoms with Gasteiger partial charge < -0.3 is 19.6 Å². The van der Waals surface area contributed by atoms with Gasteiger partial charge in [-0.25, -0.2) is 8.42 Å². The van der Waals surface area contributed by atoms with Gasteiger partial charge in [0, 0.05) is 23.2 Å². The van der Waals surface area contributed by atoms with Crippen molar-refractivity contribution in [2.24, 2.45) is 11.3 Å². The predicted octanol–water partition coefficient (Wildman–Crippen LogP) is 6.35. The number of amides is 1. The minimum Gasteiger partial charge on any atom is -0.488 e. The second-order valence-electron chi connectivity index (χ2n) is 12.1. The van der Waals surface area contributed by atoms with E-state index in [-0.39, 0.29) is 41.3 Å². The lowest BCUT2D eigenvalue weighted by Gasteiger charge is -2.47. The summed E-state index contributed by atoms with van der Waals surface area (Å²) < 4.78 is 37.2. The van der Waals surface area contributed by atoms with Gasteiger partial charge in [-0.05, 0) is 98.2 Å². The predicted molar refractivity (Wildman–Crippen MR) is 153 cm³/mol. The zero-order valence-electron chi connectivity index (χ0n) is 23.4. The summed E-state index contributed by atoms with van der Waals surface area (Å²) in [5.41, 5.74) is 4.15. The summed E-state index contributed by atoms with van der Waals surface area (Å²) in [7, 11) is -4.20. The number of ether oxygens (including phenoxy) is 1. The van der Waals surface area contributed by atoms with Crippen molar-refractivity contribution in [3.8, 4) is 17.1 Å². The first-order chi connectivity index (χ1) is 19.0. The van der Waals surface area contributed by atoms with Gasteiger partial charge in [0.05, 0.1) is 10.9 Å². The molecule has 8 nitrogen and oxygen atoms in total. The number of benzene rings is 2. The molecule has 0 radical (unpaired) electrons. The quantitative estimate of drug-likeness (QED) is 0.369. The molecular weight excluding hydrogens is 524 g/mol. The molecule has 1 aromatic heterocycles. The van der Waals surface area contributed by atoms with E-state index in [0.29, 0.717) is 22.6 Å². The largest absolute Gasteiger partial charge is 0.488 e. The third-order valence-corrected chi connectivity index (χ3v) is 9.74. The normalized spacial score (nSPS) is 21.5. The maximum absolute atomic E-state index is 14.1. The monoisotopic (exact) mass is 559 g/mol. The number of sulfonamides is 1. The van der Waals surface area contributed by atoms with Gasteiger partial charge in [-0.3, -0.25) is 9.52 Å². The van der Waals surface area contributed by atoms with Crippen molar-refractivity contribution in [3.05, 3.63) is 69.9 Å². The average molecular weight is 560 g/mol. The van der Waals surface area contributed by atoms with E-state index in [2.05, 4.69) is 28.5 Å². The van der Waals surface area contributed by atoms with Gasteiger partial charge in [-0.1, -0.05) is 38.1 Å². The second-order valence-corrected chi connectivity index (χ2v) is 13.7. The summed E-state index contributed by atoms with van der Waals surface area (Å²) in [4.78, 5) is 25.0. The Morgan fingerprint density at radius 3 is 2.42 bits per heavy atom. The SMILES string of the molecule is Cc1cccc(C)c1-c1cc2nc(n1)[N-]S(=O)(=O)c1cccc(c1)C(=O)N(C1CC3(CC3)C1)[C@H](CC(C)C)CO2. The van der Waals surface area contributed by atoms with Crippen molar-refractivity contribution in [1.82, 2.24) is 14.9 Å². The summed E-state index contributed by atoms with van der Waals surface area (Å²) in [5, 5.41) is 0. The first-order valence-electron chi connectivity index (χ1n) is 14.0. The van der Waals surface area contributed by atoms with E-state index in [1.807, 2.05) is 36.9 Å². The van der Waals surface area contributed by atoms with Gasteiger partial charge in [0.2, 0.25) is 10.0 Å². The molecule has 1 spiro atoms. The van der Waals surface area contributed by atoms with Crippen molar-refractivity contribution in [2.45, 2.75) is 76.8 Å². The Morgan fingerprint density at radius 2 is 1.75 bits per heavy atom. The molecular formula is C31H35N4O4S-. The fraction of sp³-hybridized carbons (Fsp3) is 0.452. The maximum atomic E-state index is 14.1. The van der Waals surface area contributed by atoms with Crippen molar-refractivity contribution < 1.29 is 17.9 Å². The van der Waals surface area contributed by atoms with E-state index < -0.39 is 10.0 Å². The molecule has 9 heteroatoms. The average Bonchev–Trinajstić information content (AvgIpc) is 3.67. The maximum Gasteiger partial charge on any atom is 0.254 e. The standard InChI is InChI=1S/C31H35N4O4S/c1-19(2)13-23-18-39-27-15-26(28-20(3)7-5-8-21(28)4)32-30(33-27)34-40(37,38)25-10-6-9-22(14-25)29(36)35(23)24-16-31(17-24)11-12-31/h5-10,14-15,19,23-24H,11-13,16-18H2,1-4H3/q-1/t23-/m1/s1. The van der Waals surface area contributed by atoms with Crippen LogP contribution < -0.4 is 4.74 Å². The first-order valence-corrected chi connectivity index (χ1v) is 15.5. The van der Waals surface area contributed by atoms with Gasteiger partial charge >= 0.3 is 0 Å². The Bertz CT molecular complexity index is 1550. The highest BCUT2D eigenvalue weighted by atomic mass is 32.2. The van der Waals surface area contributed by atoms with Crippen molar-refractivity contribution in [1.29, 1.82) is 0 Å². The number of hydrogen-bond acceptors (Lipinski definition) is 6. The summed E-state index contributed by atoms with van der Waals surface area (Å²) >= 11 is 0. The summed E-state index contributed by atoms with van der Waals surface area (Å²) in [5.74, 6) is 0.196. The highest BCUT2D eigenvalue weighted by Gasteiger charge is 2.56. The van der Waals surface area contributed by atoms with E-state index >= 15 is 0 Å². The molecule has 1 aliphatic heterocycles. The van der Waals surface area contributed by atoms with Gasteiger partial charge in [-0.15, -0.1) is 0 Å². The first kappa shape index (κ1) is 26.7. The Morgan fingerprint density at radius 1 is 1.05 bits per heavy atom. The number of carbonyl (C=O) groups is 1. The second kappa shape index (κ2) is 9.87. The zero-order chi connectivity index (χ0) is 28.2. The lowest BCUT2D eigenvalue weighted by atomic mass is 9.75. The van der Waals surface area contributed by atoms with E-state index in [4.69, 9.17) is 4.74 Å². The minimum atomic E-state index is -4.20. The molecule has 6 rings (SSSR count). The molecule has 3 aliphatic rings. The number of carbonyl (C=O) groups excluding carboxylic acids is 1. The highest BCUT2D eigenvalue weighted by Crippen LogP contribution is 2.62. The number of hydrogen-bond donors (Lipinski definition) is 0. The van der Waals surface area contributed by atoms with Gasteiger partial charge in [-0.2, -0.15) is 0 Å². The Hall–Kier alpha value is -3.46. The molecule has 2 aliphatic carbocycles. The van der Waals surface area contributed by atoms with Crippen molar-refractivity contribution in [2.75, 3.05) is 6.61 Å². The fourth-order valence-electron chi connectivity index (χ4n) is 6.31. The molecule has 2 aromatic carbocycles. The third kappa shape index (κ3) is 5.07. The molecule has 40 heavy (non-hydrogen) atoms. The minimum absolute atomic E-state index is 0.0613. The number of aryl methyl sites for hydroxylation is 2. The topological polar surface area (TPSA) is 104 Å². The molecule has 0 saturated heterocycles. The van der Waals surface area contributed by atoms with Crippen LogP contribution in [0.2, 0.25) is 0 Å². The number of rotatable bonds is 4. The van der Waals surface area contributed by atoms with Crippen LogP contribution in [0.5, 0.6) is 5.88 Å². The molecule has 0 N–H and O–H groups in total. The number of aromatic nitrogens is 2. The highest BCUT2D eigenvalue weighted by molar-refractivity contribution is 7.94. The van der Waals surface area contributed by atoms with E-state index in [0.717, 1.165) is 36.0 Å². The Balaban J connectivity index is 1.48. The molecule has 2 saturated carbocycles. The number of fused-ring (bicyclic) bond motifs is 4. The van der Waals surface area contributed by atoms with Crippen LogP contribution in [-0.2, 0) is 10.0 Å². The lowest BCUT2D eigenvalue weighted by Crippen LogP contribution is -2.55. The van der Waals surface area contributed by atoms with Gasteiger partial charge in [0.15, 0.2) is 0 Å². The van der Waals surface area contributed by atoms with Crippen LogP contribution >= 0.6 is 0 Å². The molecule has 1 amide bonds.